The number of sulfonamides is 1. The number of quaternary nitrogens is 1. The average Bonchev–Trinajstić information content (AvgIpc) is 3.38. The summed E-state index contributed by atoms with van der Waals surface area (Å²) in [6.45, 7) is 4.01. The van der Waals surface area contributed by atoms with E-state index in [9.17, 15) is 13.2 Å². The lowest BCUT2D eigenvalue weighted by Crippen LogP contribution is -3.19. The zero-order valence-electron chi connectivity index (χ0n) is 13.7. The molecule has 1 aromatic carbocycles. The molecule has 24 heavy (non-hydrogen) atoms. The predicted molar refractivity (Wildman–Crippen MR) is 91.5 cm³/mol. The predicted octanol–water partition coefficient (Wildman–Crippen LogP) is -0.104. The van der Waals surface area contributed by atoms with Crippen LogP contribution in [-0.4, -0.2) is 56.9 Å². The summed E-state index contributed by atoms with van der Waals surface area (Å²) in [5.74, 6) is 0.0708. The summed E-state index contributed by atoms with van der Waals surface area (Å²) in [6.07, 6.45) is 2.14. The van der Waals surface area contributed by atoms with Gasteiger partial charge in [-0.1, -0.05) is 11.6 Å². The fourth-order valence-electron chi connectivity index (χ4n) is 2.94. The maximum atomic E-state index is 12.7. The van der Waals surface area contributed by atoms with Crippen molar-refractivity contribution in [2.75, 3.05) is 26.2 Å². The topological polar surface area (TPSA) is 70.9 Å². The Labute approximate surface area is 147 Å². The number of carbonyl (C=O) groups excluding carboxylic acids is 1. The third-order valence-electron chi connectivity index (χ3n) is 4.75. The Morgan fingerprint density at radius 1 is 1.25 bits per heavy atom. The zero-order chi connectivity index (χ0) is 17.3. The van der Waals surface area contributed by atoms with Crippen LogP contribution in [-0.2, 0) is 14.8 Å². The smallest absolute Gasteiger partial charge is 0.278 e. The number of hydrogen-bond acceptors (Lipinski definition) is 3. The van der Waals surface area contributed by atoms with Gasteiger partial charge in [0.05, 0.1) is 31.1 Å². The molecular formula is C16H23ClN3O3S+. The third kappa shape index (κ3) is 3.91. The van der Waals surface area contributed by atoms with Crippen molar-refractivity contribution in [1.82, 2.24) is 9.62 Å². The van der Waals surface area contributed by atoms with Gasteiger partial charge >= 0.3 is 0 Å². The van der Waals surface area contributed by atoms with Crippen molar-refractivity contribution >= 4 is 27.5 Å². The second-order valence-electron chi connectivity index (χ2n) is 6.52. The molecule has 8 heteroatoms. The molecule has 1 saturated heterocycles. The molecule has 1 aliphatic heterocycles. The van der Waals surface area contributed by atoms with Crippen LogP contribution in [0.15, 0.2) is 29.2 Å². The van der Waals surface area contributed by atoms with Gasteiger partial charge in [0.1, 0.15) is 0 Å². The quantitative estimate of drug-likeness (QED) is 0.758. The van der Waals surface area contributed by atoms with Crippen molar-refractivity contribution < 1.29 is 18.1 Å². The largest absolute Gasteiger partial charge is 0.348 e. The lowest BCUT2D eigenvalue weighted by Gasteiger charge is -2.34. The molecular weight excluding hydrogens is 350 g/mol. The minimum Gasteiger partial charge on any atom is -0.348 e. The van der Waals surface area contributed by atoms with Crippen molar-refractivity contribution in [3.05, 3.63) is 29.3 Å². The van der Waals surface area contributed by atoms with Crippen LogP contribution in [0.1, 0.15) is 19.8 Å². The molecule has 2 N–H and O–H groups in total. The molecule has 0 unspecified atom stereocenters. The van der Waals surface area contributed by atoms with Crippen LogP contribution >= 0.6 is 11.6 Å². The van der Waals surface area contributed by atoms with E-state index in [1.165, 1.54) is 16.4 Å². The van der Waals surface area contributed by atoms with E-state index in [0.29, 0.717) is 37.2 Å². The number of hydrogen-bond donors (Lipinski definition) is 2. The van der Waals surface area contributed by atoms with Gasteiger partial charge in [0.15, 0.2) is 6.04 Å². The highest BCUT2D eigenvalue weighted by atomic mass is 35.5. The van der Waals surface area contributed by atoms with Gasteiger partial charge in [-0.25, -0.2) is 8.42 Å². The van der Waals surface area contributed by atoms with Crippen LogP contribution < -0.4 is 10.2 Å². The molecule has 1 saturated carbocycles. The number of benzene rings is 1. The molecule has 1 atom stereocenters. The normalized spacial score (nSPS) is 21.4. The van der Waals surface area contributed by atoms with Crippen molar-refractivity contribution in [3.63, 3.8) is 0 Å². The highest BCUT2D eigenvalue weighted by Crippen LogP contribution is 2.19. The van der Waals surface area contributed by atoms with Gasteiger partial charge < -0.3 is 10.2 Å². The average molecular weight is 373 g/mol. The van der Waals surface area contributed by atoms with E-state index < -0.39 is 10.0 Å². The van der Waals surface area contributed by atoms with Crippen LogP contribution in [0.2, 0.25) is 5.02 Å². The number of nitrogens with zero attached hydrogens (tertiary/aromatic N) is 1. The SMILES string of the molecule is C[C@H](C(=O)NC1CC1)[NH+]1CCN(S(=O)(=O)c2ccc(Cl)cc2)CC1. The first kappa shape index (κ1) is 17.7. The van der Waals surface area contributed by atoms with Gasteiger partial charge in [-0.15, -0.1) is 0 Å². The fourth-order valence-corrected chi connectivity index (χ4v) is 4.51. The molecule has 1 heterocycles. The number of nitrogens with one attached hydrogen (secondary N) is 2. The molecule has 1 aliphatic carbocycles. The van der Waals surface area contributed by atoms with E-state index in [-0.39, 0.29) is 16.8 Å². The van der Waals surface area contributed by atoms with E-state index in [1.807, 2.05) is 6.92 Å². The van der Waals surface area contributed by atoms with E-state index >= 15 is 0 Å². The molecule has 0 bridgehead atoms. The lowest BCUT2D eigenvalue weighted by atomic mass is 10.2. The number of rotatable bonds is 5. The van der Waals surface area contributed by atoms with Gasteiger partial charge in [-0.05, 0) is 44.0 Å². The standard InChI is InChI=1S/C16H22ClN3O3S/c1-12(16(21)18-14-4-5-14)19-8-10-20(11-9-19)24(22,23)15-6-2-13(17)3-7-15/h2-3,6-7,12,14H,4-5,8-11H2,1H3,(H,18,21)/p+1/t12-/m1/s1. The molecule has 0 spiro atoms. The number of piperazine rings is 1. The Bertz CT molecular complexity index is 696. The van der Waals surface area contributed by atoms with Gasteiger partial charge in [0.2, 0.25) is 10.0 Å². The van der Waals surface area contributed by atoms with E-state index in [4.69, 9.17) is 11.6 Å². The van der Waals surface area contributed by atoms with Gasteiger partial charge in [-0.2, -0.15) is 4.31 Å². The van der Waals surface area contributed by atoms with Gasteiger partial charge in [0.25, 0.3) is 5.91 Å². The Balaban J connectivity index is 1.59. The molecule has 2 aliphatic rings. The zero-order valence-corrected chi connectivity index (χ0v) is 15.2. The maximum absolute atomic E-state index is 12.7. The first-order valence-electron chi connectivity index (χ1n) is 8.28. The van der Waals surface area contributed by atoms with E-state index in [0.717, 1.165) is 17.7 Å². The molecule has 132 valence electrons. The first-order chi connectivity index (χ1) is 11.4. The molecule has 3 rings (SSSR count). The van der Waals surface area contributed by atoms with Crippen molar-refractivity contribution in [1.29, 1.82) is 0 Å². The minimum atomic E-state index is -3.50. The summed E-state index contributed by atoms with van der Waals surface area (Å²) < 4.78 is 26.8. The van der Waals surface area contributed by atoms with Gasteiger partial charge in [0, 0.05) is 11.1 Å². The summed E-state index contributed by atoms with van der Waals surface area (Å²) >= 11 is 5.82. The molecule has 1 amide bonds. The molecule has 0 aromatic heterocycles. The Hall–Kier alpha value is -1.15. The second-order valence-corrected chi connectivity index (χ2v) is 8.90. The van der Waals surface area contributed by atoms with E-state index in [1.54, 1.807) is 12.1 Å². The molecule has 1 aromatic rings. The van der Waals surface area contributed by atoms with Crippen LogP contribution in [0, 0.1) is 0 Å². The highest BCUT2D eigenvalue weighted by Gasteiger charge is 2.35. The minimum absolute atomic E-state index is 0.0708. The maximum Gasteiger partial charge on any atom is 0.278 e. The molecule has 0 radical (unpaired) electrons. The Morgan fingerprint density at radius 2 is 1.83 bits per heavy atom. The van der Waals surface area contributed by atoms with Crippen LogP contribution in [0.4, 0.5) is 0 Å². The summed E-state index contributed by atoms with van der Waals surface area (Å²) in [5, 5.41) is 3.53. The van der Waals surface area contributed by atoms with Crippen LogP contribution in [0.3, 0.4) is 0 Å². The molecule has 2 fully saturated rings. The Kier molecular flexibility index (Phi) is 5.15. The lowest BCUT2D eigenvalue weighted by molar-refractivity contribution is -0.917. The number of halogens is 1. The monoisotopic (exact) mass is 372 g/mol. The first-order valence-corrected chi connectivity index (χ1v) is 10.1. The fraction of sp³-hybridized carbons (Fsp3) is 0.562. The molecule has 6 nitrogen and oxygen atoms in total. The summed E-state index contributed by atoms with van der Waals surface area (Å²) in [6, 6.07) is 6.43. The van der Waals surface area contributed by atoms with Crippen LogP contribution in [0.25, 0.3) is 0 Å². The van der Waals surface area contributed by atoms with Crippen LogP contribution in [0.5, 0.6) is 0 Å². The summed E-state index contributed by atoms with van der Waals surface area (Å²) in [5.41, 5.74) is 0. The number of carbonyl (C=O) groups is 1. The third-order valence-corrected chi connectivity index (χ3v) is 6.91. The van der Waals surface area contributed by atoms with Gasteiger partial charge in [-0.3, -0.25) is 4.79 Å². The van der Waals surface area contributed by atoms with Crippen molar-refractivity contribution in [2.24, 2.45) is 0 Å². The van der Waals surface area contributed by atoms with Crippen molar-refractivity contribution in [3.8, 4) is 0 Å². The highest BCUT2D eigenvalue weighted by molar-refractivity contribution is 7.89. The summed E-state index contributed by atoms with van der Waals surface area (Å²) in [7, 11) is -3.50. The Morgan fingerprint density at radius 3 is 2.38 bits per heavy atom. The summed E-state index contributed by atoms with van der Waals surface area (Å²) in [4.78, 5) is 13.5. The van der Waals surface area contributed by atoms with E-state index in [2.05, 4.69) is 5.32 Å². The second kappa shape index (κ2) is 7.00. The van der Waals surface area contributed by atoms with Crippen molar-refractivity contribution in [2.45, 2.75) is 36.7 Å². The number of amides is 1.